The number of alkyl carbamates (subject to hydrolysis) is 1. The van der Waals surface area contributed by atoms with Crippen LogP contribution in [0.3, 0.4) is 0 Å². The quantitative estimate of drug-likeness (QED) is 0.508. The smallest absolute Gasteiger partial charge is 0.408 e. The zero-order valence-electron chi connectivity index (χ0n) is 19.1. The van der Waals surface area contributed by atoms with Crippen molar-refractivity contribution in [2.24, 2.45) is 0 Å². The number of rotatable bonds is 10. The summed E-state index contributed by atoms with van der Waals surface area (Å²) in [7, 11) is 1.43. The fraction of sp³-hybridized carbons (Fsp3) is 0.400. The molecule has 0 bridgehead atoms. The second-order valence-corrected chi connectivity index (χ2v) is 8.52. The molecular formula is C25H30N2O6. The van der Waals surface area contributed by atoms with Crippen LogP contribution in [0.1, 0.15) is 43.7 Å². The van der Waals surface area contributed by atoms with Crippen LogP contribution in [0.2, 0.25) is 0 Å². The highest BCUT2D eigenvalue weighted by molar-refractivity contribution is 5.90. The third kappa shape index (κ3) is 5.70. The van der Waals surface area contributed by atoms with Crippen molar-refractivity contribution in [1.29, 1.82) is 0 Å². The topological polar surface area (TPSA) is 114 Å². The molecule has 0 radical (unpaired) electrons. The Labute approximate surface area is 193 Å². The second kappa shape index (κ2) is 10.5. The zero-order chi connectivity index (χ0) is 24.0. The van der Waals surface area contributed by atoms with Crippen molar-refractivity contribution in [3.63, 3.8) is 0 Å². The monoisotopic (exact) mass is 454 g/mol. The van der Waals surface area contributed by atoms with Crippen LogP contribution in [0, 0.1) is 0 Å². The molecule has 2 aromatic rings. The van der Waals surface area contributed by atoms with E-state index in [-0.39, 0.29) is 38.0 Å². The summed E-state index contributed by atoms with van der Waals surface area (Å²) in [6.07, 6.45) is -0.526. The molecule has 0 spiro atoms. The number of carboxylic acid groups (broad SMARTS) is 1. The van der Waals surface area contributed by atoms with Gasteiger partial charge in [-0.15, -0.1) is 0 Å². The molecule has 0 saturated carbocycles. The highest BCUT2D eigenvalue weighted by atomic mass is 16.5. The Morgan fingerprint density at radius 3 is 2.18 bits per heavy atom. The van der Waals surface area contributed by atoms with Crippen LogP contribution in [0.5, 0.6) is 0 Å². The molecule has 8 heteroatoms. The van der Waals surface area contributed by atoms with Crippen molar-refractivity contribution in [1.82, 2.24) is 10.6 Å². The fourth-order valence-corrected chi connectivity index (χ4v) is 4.10. The Balaban J connectivity index is 1.64. The van der Waals surface area contributed by atoms with Crippen molar-refractivity contribution in [2.75, 3.05) is 20.3 Å². The van der Waals surface area contributed by atoms with Gasteiger partial charge in [0.05, 0.1) is 6.61 Å². The summed E-state index contributed by atoms with van der Waals surface area (Å²) in [6.45, 7) is 3.30. The normalized spacial score (nSPS) is 15.0. The van der Waals surface area contributed by atoms with Gasteiger partial charge in [0.2, 0.25) is 5.91 Å². The molecule has 8 nitrogen and oxygen atoms in total. The number of amides is 2. The van der Waals surface area contributed by atoms with Crippen LogP contribution in [-0.2, 0) is 19.1 Å². The Hall–Kier alpha value is -3.39. The first-order valence-electron chi connectivity index (χ1n) is 10.9. The molecule has 0 aliphatic heterocycles. The third-order valence-electron chi connectivity index (χ3n) is 5.82. The third-order valence-corrected chi connectivity index (χ3v) is 5.82. The molecule has 33 heavy (non-hydrogen) atoms. The number of carbonyl (C=O) groups is 3. The first kappa shape index (κ1) is 24.3. The zero-order valence-corrected chi connectivity index (χ0v) is 19.1. The van der Waals surface area contributed by atoms with Gasteiger partial charge in [0, 0.05) is 25.5 Å². The van der Waals surface area contributed by atoms with Gasteiger partial charge in [-0.25, -0.2) is 4.79 Å². The average Bonchev–Trinajstić information content (AvgIpc) is 3.10. The molecule has 2 atom stereocenters. The van der Waals surface area contributed by atoms with E-state index >= 15 is 0 Å². The molecule has 0 heterocycles. The van der Waals surface area contributed by atoms with Gasteiger partial charge in [0.15, 0.2) is 0 Å². The lowest BCUT2D eigenvalue weighted by molar-refractivity contribution is -0.137. The molecule has 1 aliphatic carbocycles. The molecular weight excluding hydrogens is 424 g/mol. The van der Waals surface area contributed by atoms with E-state index in [1.807, 2.05) is 36.4 Å². The molecule has 0 saturated heterocycles. The van der Waals surface area contributed by atoms with Gasteiger partial charge in [0.1, 0.15) is 12.1 Å². The number of hydrogen-bond donors (Lipinski definition) is 3. The summed E-state index contributed by atoms with van der Waals surface area (Å²) >= 11 is 0. The van der Waals surface area contributed by atoms with Gasteiger partial charge >= 0.3 is 12.1 Å². The van der Waals surface area contributed by atoms with Gasteiger partial charge in [-0.1, -0.05) is 48.5 Å². The average molecular weight is 455 g/mol. The maximum atomic E-state index is 12.8. The second-order valence-electron chi connectivity index (χ2n) is 8.52. The summed E-state index contributed by atoms with van der Waals surface area (Å²) in [4.78, 5) is 36.3. The van der Waals surface area contributed by atoms with Gasteiger partial charge in [-0.3, -0.25) is 9.59 Å². The summed E-state index contributed by atoms with van der Waals surface area (Å²) in [5.41, 5.74) is 3.06. The minimum Gasteiger partial charge on any atom is -0.481 e. The summed E-state index contributed by atoms with van der Waals surface area (Å²) in [5.74, 6) is -1.51. The molecule has 3 N–H and O–H groups in total. The van der Waals surface area contributed by atoms with E-state index in [0.29, 0.717) is 0 Å². The van der Waals surface area contributed by atoms with Gasteiger partial charge in [-0.05, 0) is 42.5 Å². The largest absolute Gasteiger partial charge is 0.481 e. The number of carboxylic acids is 1. The van der Waals surface area contributed by atoms with Crippen molar-refractivity contribution in [3.8, 4) is 11.1 Å². The lowest BCUT2D eigenvalue weighted by atomic mass is 9.98. The number of ether oxygens (including phenoxy) is 2. The van der Waals surface area contributed by atoms with Crippen LogP contribution in [0.15, 0.2) is 48.5 Å². The van der Waals surface area contributed by atoms with E-state index in [0.717, 1.165) is 22.3 Å². The van der Waals surface area contributed by atoms with E-state index < -0.39 is 23.5 Å². The van der Waals surface area contributed by atoms with Crippen LogP contribution >= 0.6 is 0 Å². The number of carbonyl (C=O) groups excluding carboxylic acids is 2. The van der Waals surface area contributed by atoms with Crippen molar-refractivity contribution in [2.45, 2.75) is 44.2 Å². The highest BCUT2D eigenvalue weighted by Crippen LogP contribution is 2.44. The Kier molecular flexibility index (Phi) is 7.71. The summed E-state index contributed by atoms with van der Waals surface area (Å²) in [5, 5.41) is 14.2. The van der Waals surface area contributed by atoms with Crippen molar-refractivity contribution < 1.29 is 29.0 Å². The summed E-state index contributed by atoms with van der Waals surface area (Å²) < 4.78 is 10.7. The minimum atomic E-state index is -1.38. The van der Waals surface area contributed by atoms with Crippen LogP contribution in [-0.4, -0.2) is 55.0 Å². The van der Waals surface area contributed by atoms with E-state index in [1.54, 1.807) is 6.92 Å². The maximum Gasteiger partial charge on any atom is 0.408 e. The fourth-order valence-electron chi connectivity index (χ4n) is 4.10. The predicted octanol–water partition coefficient (Wildman–Crippen LogP) is 3.30. The number of methoxy groups -OCH3 is 1. The molecule has 2 amide bonds. The van der Waals surface area contributed by atoms with Gasteiger partial charge in [0.25, 0.3) is 0 Å². The Morgan fingerprint density at radius 1 is 1.06 bits per heavy atom. The molecule has 3 rings (SSSR count). The Morgan fingerprint density at radius 2 is 1.64 bits per heavy atom. The Bertz CT molecular complexity index is 978. The van der Waals surface area contributed by atoms with E-state index in [4.69, 9.17) is 14.6 Å². The minimum absolute atomic E-state index is 0.0672. The number of fused-ring (bicyclic) bond motifs is 3. The van der Waals surface area contributed by atoms with Crippen molar-refractivity contribution in [3.05, 3.63) is 59.7 Å². The SMILES string of the molecule is COCC(C)(NC(=O)OCC1c2ccccc2-c2ccccc21)C(=O)NC(C)CCC(=O)O. The van der Waals surface area contributed by atoms with E-state index in [1.165, 1.54) is 14.0 Å². The van der Waals surface area contributed by atoms with Gasteiger partial charge < -0.3 is 25.2 Å². The number of benzene rings is 2. The molecule has 176 valence electrons. The number of nitrogens with one attached hydrogen (secondary N) is 2. The first-order chi connectivity index (χ1) is 15.7. The first-order valence-corrected chi connectivity index (χ1v) is 10.9. The number of hydrogen-bond acceptors (Lipinski definition) is 5. The van der Waals surface area contributed by atoms with E-state index in [9.17, 15) is 14.4 Å². The number of aliphatic carboxylic acids is 1. The lowest BCUT2D eigenvalue weighted by Gasteiger charge is -2.30. The molecule has 1 aliphatic rings. The van der Waals surface area contributed by atoms with Gasteiger partial charge in [-0.2, -0.15) is 0 Å². The van der Waals surface area contributed by atoms with Crippen LogP contribution in [0.25, 0.3) is 11.1 Å². The maximum absolute atomic E-state index is 12.8. The standard InChI is InChI=1S/C25H30N2O6/c1-16(12-13-22(28)29)26-23(30)25(2,15-32-3)27-24(31)33-14-21-19-10-6-4-8-17(19)18-9-5-7-11-20(18)21/h4-11,16,21H,12-15H2,1-3H3,(H,26,30)(H,27,31)(H,28,29). The predicted molar refractivity (Wildman–Crippen MR) is 123 cm³/mol. The van der Waals surface area contributed by atoms with Crippen LogP contribution < -0.4 is 10.6 Å². The van der Waals surface area contributed by atoms with Crippen LogP contribution in [0.4, 0.5) is 4.79 Å². The lowest BCUT2D eigenvalue weighted by Crippen LogP contribution is -2.60. The highest BCUT2D eigenvalue weighted by Gasteiger charge is 2.37. The molecule has 0 aromatic heterocycles. The van der Waals surface area contributed by atoms with Crippen molar-refractivity contribution >= 4 is 18.0 Å². The molecule has 0 fully saturated rings. The van der Waals surface area contributed by atoms with E-state index in [2.05, 4.69) is 22.8 Å². The summed E-state index contributed by atoms with van der Waals surface area (Å²) in [6, 6.07) is 15.7. The molecule has 2 aromatic carbocycles. The molecule has 2 unspecified atom stereocenters.